The van der Waals surface area contributed by atoms with Gasteiger partial charge in [-0.05, 0) is 35.6 Å². The Morgan fingerprint density at radius 2 is 2.04 bits per heavy atom. The van der Waals surface area contributed by atoms with Crippen LogP contribution in [0.25, 0.3) is 0 Å². The lowest BCUT2D eigenvalue weighted by molar-refractivity contribution is 0.0170. The summed E-state index contributed by atoms with van der Waals surface area (Å²) in [4.78, 5) is 8.13. The van der Waals surface area contributed by atoms with Crippen molar-refractivity contribution in [2.45, 2.75) is 19.5 Å². The predicted molar refractivity (Wildman–Crippen MR) is 114 cm³/mol. The van der Waals surface area contributed by atoms with Gasteiger partial charge < -0.3 is 15.4 Å². The highest BCUT2D eigenvalue weighted by molar-refractivity contribution is 7.10. The molecular formula is C20H27ClN4OS. The van der Waals surface area contributed by atoms with Gasteiger partial charge in [0.2, 0.25) is 0 Å². The van der Waals surface area contributed by atoms with E-state index in [1.54, 1.807) is 18.4 Å². The van der Waals surface area contributed by atoms with Crippen molar-refractivity contribution in [1.29, 1.82) is 0 Å². The Labute approximate surface area is 170 Å². The Kier molecular flexibility index (Phi) is 7.52. The molecule has 1 aromatic heterocycles. The minimum Gasteiger partial charge on any atom is -0.379 e. The maximum absolute atomic E-state index is 6.50. The van der Waals surface area contributed by atoms with Gasteiger partial charge in [-0.1, -0.05) is 29.8 Å². The Hall–Kier alpha value is -1.60. The van der Waals surface area contributed by atoms with Crippen molar-refractivity contribution in [3.05, 3.63) is 56.7 Å². The molecule has 1 saturated heterocycles. The largest absolute Gasteiger partial charge is 0.379 e. The molecule has 2 aromatic rings. The fourth-order valence-electron chi connectivity index (χ4n) is 3.23. The van der Waals surface area contributed by atoms with E-state index in [4.69, 9.17) is 16.3 Å². The highest BCUT2D eigenvalue weighted by atomic mass is 35.5. The van der Waals surface area contributed by atoms with E-state index in [1.807, 2.05) is 18.2 Å². The van der Waals surface area contributed by atoms with E-state index in [0.29, 0.717) is 0 Å². The van der Waals surface area contributed by atoms with Gasteiger partial charge in [0.25, 0.3) is 0 Å². The summed E-state index contributed by atoms with van der Waals surface area (Å²) >= 11 is 8.27. The van der Waals surface area contributed by atoms with Crippen molar-refractivity contribution in [2.75, 3.05) is 39.9 Å². The summed E-state index contributed by atoms with van der Waals surface area (Å²) in [6.07, 6.45) is 0. The average molecular weight is 407 g/mol. The molecule has 0 saturated carbocycles. The van der Waals surface area contributed by atoms with Crippen LogP contribution < -0.4 is 10.6 Å². The van der Waals surface area contributed by atoms with E-state index in [1.165, 1.54) is 10.4 Å². The molecule has 0 aliphatic carbocycles. The lowest BCUT2D eigenvalue weighted by Crippen LogP contribution is -2.46. The number of halogens is 1. The third-order valence-corrected chi connectivity index (χ3v) is 6.19. The van der Waals surface area contributed by atoms with Crippen molar-refractivity contribution < 1.29 is 4.74 Å². The number of hydrogen-bond donors (Lipinski definition) is 2. The first kappa shape index (κ1) is 20.1. The summed E-state index contributed by atoms with van der Waals surface area (Å²) in [5.41, 5.74) is 2.45. The van der Waals surface area contributed by atoms with Gasteiger partial charge in [-0.2, -0.15) is 0 Å². The third kappa shape index (κ3) is 5.45. The molecule has 1 fully saturated rings. The maximum atomic E-state index is 6.50. The summed E-state index contributed by atoms with van der Waals surface area (Å²) in [6, 6.07) is 10.4. The summed E-state index contributed by atoms with van der Waals surface area (Å²) in [5.74, 6) is 0.799. The van der Waals surface area contributed by atoms with Crippen molar-refractivity contribution in [1.82, 2.24) is 15.5 Å². The van der Waals surface area contributed by atoms with Crippen LogP contribution in [0.3, 0.4) is 0 Å². The van der Waals surface area contributed by atoms with Gasteiger partial charge in [-0.25, -0.2) is 0 Å². The fraction of sp³-hybridized carbons (Fsp3) is 0.450. The topological polar surface area (TPSA) is 48.9 Å². The number of aryl methyl sites for hydroxylation is 1. The first-order chi connectivity index (χ1) is 13.2. The van der Waals surface area contributed by atoms with Crippen LogP contribution in [0, 0.1) is 6.92 Å². The first-order valence-corrected chi connectivity index (χ1v) is 10.5. The van der Waals surface area contributed by atoms with Crippen LogP contribution >= 0.6 is 22.9 Å². The predicted octanol–water partition coefficient (Wildman–Crippen LogP) is 3.45. The maximum Gasteiger partial charge on any atom is 0.191 e. The molecule has 0 radical (unpaired) electrons. The van der Waals surface area contributed by atoms with Crippen molar-refractivity contribution in [3.8, 4) is 0 Å². The monoisotopic (exact) mass is 406 g/mol. The highest BCUT2D eigenvalue weighted by Gasteiger charge is 2.24. The molecule has 0 bridgehead atoms. The lowest BCUT2D eigenvalue weighted by atomic mass is 10.0. The molecule has 7 heteroatoms. The fourth-order valence-corrected chi connectivity index (χ4v) is 4.34. The second kappa shape index (κ2) is 10.1. The summed E-state index contributed by atoms with van der Waals surface area (Å²) in [7, 11) is 1.80. The number of benzene rings is 1. The van der Waals surface area contributed by atoms with E-state index in [-0.39, 0.29) is 6.04 Å². The van der Waals surface area contributed by atoms with Crippen LogP contribution in [0.15, 0.2) is 40.7 Å². The molecule has 146 valence electrons. The molecule has 1 atom stereocenters. The second-order valence-electron chi connectivity index (χ2n) is 6.52. The number of nitrogens with zero attached hydrogens (tertiary/aromatic N) is 2. The molecular weight excluding hydrogens is 380 g/mol. The molecule has 1 aromatic carbocycles. The molecule has 5 nitrogen and oxygen atoms in total. The van der Waals surface area contributed by atoms with Gasteiger partial charge in [0.05, 0.1) is 25.8 Å². The van der Waals surface area contributed by atoms with E-state index in [2.05, 4.69) is 45.0 Å². The van der Waals surface area contributed by atoms with E-state index in [9.17, 15) is 0 Å². The van der Waals surface area contributed by atoms with Crippen LogP contribution in [0.5, 0.6) is 0 Å². The van der Waals surface area contributed by atoms with Gasteiger partial charge >= 0.3 is 0 Å². The van der Waals surface area contributed by atoms with Gasteiger partial charge in [0, 0.05) is 36.6 Å². The zero-order chi connectivity index (χ0) is 19.1. The Morgan fingerprint density at radius 3 is 2.70 bits per heavy atom. The van der Waals surface area contributed by atoms with E-state index >= 15 is 0 Å². The molecule has 3 rings (SSSR count). The molecule has 27 heavy (non-hydrogen) atoms. The molecule has 0 spiro atoms. The van der Waals surface area contributed by atoms with Crippen LogP contribution in [0.4, 0.5) is 0 Å². The van der Waals surface area contributed by atoms with Crippen LogP contribution in [-0.2, 0) is 11.3 Å². The Morgan fingerprint density at radius 1 is 1.26 bits per heavy atom. The number of rotatable bonds is 6. The number of hydrogen-bond acceptors (Lipinski definition) is 4. The van der Waals surface area contributed by atoms with Crippen molar-refractivity contribution in [2.24, 2.45) is 4.99 Å². The van der Waals surface area contributed by atoms with Gasteiger partial charge in [0.15, 0.2) is 5.96 Å². The number of nitrogens with one attached hydrogen (secondary N) is 2. The standard InChI is InChI=1S/C20H27ClN4OS/c1-15-7-12-27-19(15)14-24-20(22-2)23-13-18(25-8-10-26-11-9-25)16-5-3-4-6-17(16)21/h3-7,12,18H,8-11,13-14H2,1-2H3,(H2,22,23,24). The van der Waals surface area contributed by atoms with Gasteiger partial charge in [0.1, 0.15) is 0 Å². The SMILES string of the molecule is CN=C(NCc1sccc1C)NCC(c1ccccc1Cl)N1CCOCC1. The summed E-state index contributed by atoms with van der Waals surface area (Å²) in [5, 5.41) is 9.81. The zero-order valence-electron chi connectivity index (χ0n) is 15.9. The minimum atomic E-state index is 0.171. The van der Waals surface area contributed by atoms with Crippen molar-refractivity contribution >= 4 is 28.9 Å². The van der Waals surface area contributed by atoms with Crippen LogP contribution in [0.2, 0.25) is 5.02 Å². The number of thiophene rings is 1. The summed E-state index contributed by atoms with van der Waals surface area (Å²) in [6.45, 7) is 6.95. The molecule has 2 heterocycles. The Bertz CT molecular complexity index is 758. The van der Waals surface area contributed by atoms with Gasteiger partial charge in [-0.3, -0.25) is 9.89 Å². The van der Waals surface area contributed by atoms with E-state index in [0.717, 1.165) is 55.9 Å². The number of guanidine groups is 1. The van der Waals surface area contributed by atoms with Crippen LogP contribution in [0.1, 0.15) is 22.0 Å². The number of ether oxygens (including phenoxy) is 1. The zero-order valence-corrected chi connectivity index (χ0v) is 17.4. The molecule has 2 N–H and O–H groups in total. The first-order valence-electron chi connectivity index (χ1n) is 9.22. The lowest BCUT2D eigenvalue weighted by Gasteiger charge is -2.35. The smallest absolute Gasteiger partial charge is 0.191 e. The minimum absolute atomic E-state index is 0.171. The molecule has 0 amide bonds. The van der Waals surface area contributed by atoms with Crippen LogP contribution in [-0.4, -0.2) is 50.8 Å². The third-order valence-electron chi connectivity index (χ3n) is 4.82. The highest BCUT2D eigenvalue weighted by Crippen LogP contribution is 2.27. The second-order valence-corrected chi connectivity index (χ2v) is 7.93. The summed E-state index contributed by atoms with van der Waals surface area (Å²) < 4.78 is 5.52. The van der Waals surface area contributed by atoms with Gasteiger partial charge in [-0.15, -0.1) is 11.3 Å². The quantitative estimate of drug-likeness (QED) is 0.569. The molecule has 1 aliphatic heterocycles. The molecule has 1 unspecified atom stereocenters. The Balaban J connectivity index is 1.66. The number of morpholine rings is 1. The molecule has 1 aliphatic rings. The average Bonchev–Trinajstić information content (AvgIpc) is 3.11. The van der Waals surface area contributed by atoms with E-state index < -0.39 is 0 Å². The number of aliphatic imine (C=N–C) groups is 1. The van der Waals surface area contributed by atoms with Crippen molar-refractivity contribution in [3.63, 3.8) is 0 Å². The normalized spacial score (nSPS) is 16.9.